The Morgan fingerprint density at radius 2 is 2.26 bits per heavy atom. The second kappa shape index (κ2) is 6.16. The van der Waals surface area contributed by atoms with Gasteiger partial charge in [0, 0.05) is 32.1 Å². The lowest BCUT2D eigenvalue weighted by Gasteiger charge is -2.17. The highest BCUT2D eigenvalue weighted by Crippen LogP contribution is 2.27. The molecule has 2 aliphatic rings. The molecule has 1 aromatic heterocycles. The highest BCUT2D eigenvalue weighted by atomic mass is 19.1. The van der Waals surface area contributed by atoms with Crippen LogP contribution in [0.3, 0.4) is 0 Å². The van der Waals surface area contributed by atoms with Gasteiger partial charge in [-0.25, -0.2) is 0 Å². The summed E-state index contributed by atoms with van der Waals surface area (Å²) < 4.78 is 24.4. The number of benzene rings is 1. The maximum Gasteiger partial charge on any atom is 0.216 e. The molecule has 1 fully saturated rings. The number of hydrogen-bond acceptors (Lipinski definition) is 4. The van der Waals surface area contributed by atoms with Gasteiger partial charge in [-0.15, -0.1) is 0 Å². The van der Waals surface area contributed by atoms with Crippen molar-refractivity contribution in [2.24, 2.45) is 0 Å². The topological polar surface area (TPSA) is 34.6 Å². The summed E-state index contributed by atoms with van der Waals surface area (Å²) in [7, 11) is 0. The van der Waals surface area contributed by atoms with Crippen LogP contribution < -0.4 is 9.47 Å². The Bertz CT molecular complexity index is 707. The van der Waals surface area contributed by atoms with Gasteiger partial charge >= 0.3 is 0 Å². The van der Waals surface area contributed by atoms with Crippen LogP contribution in [0.1, 0.15) is 17.5 Å². The van der Waals surface area contributed by atoms with Crippen LogP contribution in [0.2, 0.25) is 0 Å². The Morgan fingerprint density at radius 3 is 3.17 bits per heavy atom. The zero-order chi connectivity index (χ0) is 15.6. The molecular weight excluding hydrogens is 295 g/mol. The maximum absolute atomic E-state index is 13.1. The molecule has 0 saturated carbocycles. The first kappa shape index (κ1) is 14.5. The normalized spacial score (nSPS) is 20.3. The zero-order valence-electron chi connectivity index (χ0n) is 12.9. The summed E-state index contributed by atoms with van der Waals surface area (Å²) in [5, 5.41) is 0. The van der Waals surface area contributed by atoms with Crippen molar-refractivity contribution in [2.75, 3.05) is 19.7 Å². The molecule has 0 radical (unpaired) electrons. The van der Waals surface area contributed by atoms with E-state index in [4.69, 9.17) is 9.47 Å². The van der Waals surface area contributed by atoms with Crippen molar-refractivity contribution in [3.8, 4) is 11.6 Å². The number of aromatic nitrogens is 1. The summed E-state index contributed by atoms with van der Waals surface area (Å²) in [6, 6.07) is 11.1. The van der Waals surface area contributed by atoms with Gasteiger partial charge in [0.25, 0.3) is 0 Å². The van der Waals surface area contributed by atoms with E-state index >= 15 is 0 Å². The van der Waals surface area contributed by atoms with Gasteiger partial charge < -0.3 is 9.47 Å². The molecule has 23 heavy (non-hydrogen) atoms. The van der Waals surface area contributed by atoms with Crippen LogP contribution in [0.4, 0.5) is 4.39 Å². The third kappa shape index (κ3) is 3.29. The number of ether oxygens (including phenoxy) is 2. The van der Waals surface area contributed by atoms with Gasteiger partial charge in [0.15, 0.2) is 0 Å². The van der Waals surface area contributed by atoms with E-state index in [2.05, 4.69) is 28.1 Å². The molecule has 120 valence electrons. The zero-order valence-corrected chi connectivity index (χ0v) is 12.9. The smallest absolute Gasteiger partial charge is 0.216 e. The molecule has 2 aliphatic heterocycles. The molecule has 1 atom stereocenters. The van der Waals surface area contributed by atoms with Crippen molar-refractivity contribution < 1.29 is 13.9 Å². The molecule has 0 bridgehead atoms. The molecule has 1 saturated heterocycles. The van der Waals surface area contributed by atoms with E-state index in [1.807, 2.05) is 0 Å². The molecule has 3 heterocycles. The summed E-state index contributed by atoms with van der Waals surface area (Å²) in [5.41, 5.74) is 2.61. The van der Waals surface area contributed by atoms with Crippen LogP contribution in [0.25, 0.3) is 0 Å². The number of nitrogens with zero attached hydrogens (tertiary/aromatic N) is 2. The summed E-state index contributed by atoms with van der Waals surface area (Å²) >= 11 is 0. The van der Waals surface area contributed by atoms with Gasteiger partial charge in [0.05, 0.1) is 6.61 Å². The SMILES string of the molecule is Fc1cccc(OC2CCN(Cc3ccc4c(c3)CCO4)C2)n1. The van der Waals surface area contributed by atoms with E-state index in [0.29, 0.717) is 5.88 Å². The van der Waals surface area contributed by atoms with Gasteiger partial charge in [0.1, 0.15) is 11.9 Å². The largest absolute Gasteiger partial charge is 0.493 e. The second-order valence-corrected chi connectivity index (χ2v) is 6.10. The predicted octanol–water partition coefficient (Wildman–Crippen LogP) is 2.81. The minimum absolute atomic E-state index is 0.0714. The monoisotopic (exact) mass is 314 g/mol. The van der Waals surface area contributed by atoms with Crippen molar-refractivity contribution in [3.05, 3.63) is 53.5 Å². The highest BCUT2D eigenvalue weighted by molar-refractivity contribution is 5.39. The molecule has 0 amide bonds. The molecule has 4 rings (SSSR count). The molecule has 0 spiro atoms. The lowest BCUT2D eigenvalue weighted by molar-refractivity contribution is 0.189. The fourth-order valence-electron chi connectivity index (χ4n) is 3.26. The predicted molar refractivity (Wildman–Crippen MR) is 84.1 cm³/mol. The van der Waals surface area contributed by atoms with Crippen LogP contribution in [-0.2, 0) is 13.0 Å². The Kier molecular flexibility index (Phi) is 3.87. The maximum atomic E-state index is 13.1. The average molecular weight is 314 g/mol. The average Bonchev–Trinajstić information content (AvgIpc) is 3.16. The minimum Gasteiger partial charge on any atom is -0.493 e. The van der Waals surface area contributed by atoms with Crippen LogP contribution in [0, 0.1) is 5.95 Å². The summed E-state index contributed by atoms with van der Waals surface area (Å²) in [6.45, 7) is 3.52. The van der Waals surface area contributed by atoms with Gasteiger partial charge in [-0.3, -0.25) is 4.90 Å². The molecule has 1 unspecified atom stereocenters. The highest BCUT2D eigenvalue weighted by Gasteiger charge is 2.25. The number of rotatable bonds is 4. The number of likely N-dealkylation sites (tertiary alicyclic amines) is 1. The molecule has 4 nitrogen and oxygen atoms in total. The third-order valence-electron chi connectivity index (χ3n) is 4.37. The molecule has 5 heteroatoms. The van der Waals surface area contributed by atoms with E-state index in [0.717, 1.165) is 44.8 Å². The number of pyridine rings is 1. The third-order valence-corrected chi connectivity index (χ3v) is 4.37. The van der Waals surface area contributed by atoms with Gasteiger partial charge in [-0.2, -0.15) is 9.37 Å². The Morgan fingerprint density at radius 1 is 1.30 bits per heavy atom. The van der Waals surface area contributed by atoms with Crippen LogP contribution in [0.5, 0.6) is 11.6 Å². The Hall–Kier alpha value is -2.14. The van der Waals surface area contributed by atoms with Crippen LogP contribution >= 0.6 is 0 Å². The second-order valence-electron chi connectivity index (χ2n) is 6.10. The van der Waals surface area contributed by atoms with Crippen molar-refractivity contribution >= 4 is 0 Å². The molecule has 2 aromatic rings. The standard InChI is InChI=1S/C18H19FN2O2/c19-17-2-1-3-18(20-17)23-15-6-8-21(12-15)11-13-4-5-16-14(10-13)7-9-22-16/h1-5,10,15H,6-9,11-12H2. The first-order chi connectivity index (χ1) is 11.3. The van der Waals surface area contributed by atoms with Crippen LogP contribution in [-0.4, -0.2) is 35.7 Å². The van der Waals surface area contributed by atoms with Crippen molar-refractivity contribution in [2.45, 2.75) is 25.5 Å². The van der Waals surface area contributed by atoms with E-state index in [9.17, 15) is 4.39 Å². The number of hydrogen-bond donors (Lipinski definition) is 0. The van der Waals surface area contributed by atoms with E-state index in [1.165, 1.54) is 17.2 Å². The number of fused-ring (bicyclic) bond motifs is 1. The molecule has 1 aromatic carbocycles. The van der Waals surface area contributed by atoms with E-state index in [1.54, 1.807) is 12.1 Å². The van der Waals surface area contributed by atoms with Gasteiger partial charge in [-0.05, 0) is 29.7 Å². The first-order valence-corrected chi connectivity index (χ1v) is 8.02. The lowest BCUT2D eigenvalue weighted by Crippen LogP contribution is -2.24. The first-order valence-electron chi connectivity index (χ1n) is 8.02. The van der Waals surface area contributed by atoms with Crippen molar-refractivity contribution in [1.82, 2.24) is 9.88 Å². The summed E-state index contributed by atoms with van der Waals surface area (Å²) in [5.74, 6) is 0.887. The quantitative estimate of drug-likeness (QED) is 0.813. The summed E-state index contributed by atoms with van der Waals surface area (Å²) in [4.78, 5) is 6.13. The number of halogens is 1. The molecule has 0 N–H and O–H groups in total. The van der Waals surface area contributed by atoms with Crippen molar-refractivity contribution in [1.29, 1.82) is 0 Å². The van der Waals surface area contributed by atoms with E-state index < -0.39 is 5.95 Å². The fraction of sp³-hybridized carbons (Fsp3) is 0.389. The lowest BCUT2D eigenvalue weighted by atomic mass is 10.1. The molecular formula is C18H19FN2O2. The van der Waals surface area contributed by atoms with E-state index in [-0.39, 0.29) is 6.10 Å². The van der Waals surface area contributed by atoms with Gasteiger partial charge in [-0.1, -0.05) is 18.2 Å². The Labute approximate surface area is 134 Å². The van der Waals surface area contributed by atoms with Gasteiger partial charge in [0.2, 0.25) is 11.8 Å². The minimum atomic E-state index is -0.502. The Balaban J connectivity index is 1.35. The fourth-order valence-corrected chi connectivity index (χ4v) is 3.26. The molecule has 0 aliphatic carbocycles. The van der Waals surface area contributed by atoms with Crippen molar-refractivity contribution in [3.63, 3.8) is 0 Å². The summed E-state index contributed by atoms with van der Waals surface area (Å²) in [6.07, 6.45) is 2.01. The van der Waals surface area contributed by atoms with Crippen LogP contribution in [0.15, 0.2) is 36.4 Å².